The van der Waals surface area contributed by atoms with E-state index in [0.717, 1.165) is 0 Å². The largest absolute Gasteiger partial charge is 0.379 e. The van der Waals surface area contributed by atoms with Crippen molar-refractivity contribution >= 4 is 17.5 Å². The molecule has 0 unspecified atom stereocenters. The molecule has 0 aromatic carbocycles. The number of carbonyl (C=O) groups excluding carboxylic acids is 1. The summed E-state index contributed by atoms with van der Waals surface area (Å²) < 4.78 is 10.1. The van der Waals surface area contributed by atoms with E-state index in [-0.39, 0.29) is 41.2 Å². The number of rotatable bonds is 4. The molecule has 13 heteroatoms. The predicted octanol–water partition coefficient (Wildman–Crippen LogP) is -1.97. The summed E-state index contributed by atoms with van der Waals surface area (Å²) in [6.45, 7) is -0.264. The number of carbonyl (C=O) groups is 1. The molecule has 0 saturated heterocycles. The highest BCUT2D eigenvalue weighted by molar-refractivity contribution is 5.75. The van der Waals surface area contributed by atoms with Crippen molar-refractivity contribution in [2.45, 2.75) is 6.54 Å². The number of hydrogen-bond acceptors (Lipinski definition) is 11. The minimum atomic E-state index is -0.644. The molecule has 0 spiro atoms. The van der Waals surface area contributed by atoms with Gasteiger partial charge in [-0.3, -0.25) is 4.79 Å². The van der Waals surface area contributed by atoms with E-state index >= 15 is 0 Å². The number of nitrogen functional groups attached to an aromatic ring is 2. The molecule has 3 aromatic rings. The molecule has 1 amide bonds. The highest BCUT2D eigenvalue weighted by Crippen LogP contribution is 2.25. The number of nitrogens with zero attached hydrogens (tertiary/aromatic N) is 7. The Hall–Kier alpha value is -3.51. The zero-order chi connectivity index (χ0) is 15.0. The lowest BCUT2D eigenvalue weighted by Crippen LogP contribution is -2.20. The Labute approximate surface area is 115 Å². The van der Waals surface area contributed by atoms with Gasteiger partial charge >= 0.3 is 0 Å². The molecule has 0 bridgehead atoms. The van der Waals surface area contributed by atoms with Crippen LogP contribution in [0.15, 0.2) is 9.26 Å². The van der Waals surface area contributed by atoms with Gasteiger partial charge in [-0.1, -0.05) is 0 Å². The number of aromatic nitrogens is 7. The van der Waals surface area contributed by atoms with Crippen LogP contribution in [0, 0.1) is 0 Å². The fourth-order valence-corrected chi connectivity index (χ4v) is 1.58. The van der Waals surface area contributed by atoms with E-state index < -0.39 is 5.91 Å². The minimum Gasteiger partial charge on any atom is -0.379 e. The van der Waals surface area contributed by atoms with E-state index in [4.69, 9.17) is 17.2 Å². The average molecular weight is 292 g/mol. The monoisotopic (exact) mass is 292 g/mol. The first-order valence-electron chi connectivity index (χ1n) is 5.46. The summed E-state index contributed by atoms with van der Waals surface area (Å²) in [6, 6.07) is 0. The summed E-state index contributed by atoms with van der Waals surface area (Å²) in [6.07, 6.45) is 0. The van der Waals surface area contributed by atoms with E-state index in [0.29, 0.717) is 0 Å². The first kappa shape index (κ1) is 12.5. The van der Waals surface area contributed by atoms with E-state index in [9.17, 15) is 4.79 Å². The molecule has 0 aliphatic rings. The zero-order valence-electron chi connectivity index (χ0n) is 10.3. The standard InChI is InChI=1S/C8H8N10O3/c9-2(19)1-18-8(4-6(11)17-21-15-4)12-7(13-18)3-5(10)16-20-14-3/h1H2,(H2,9,19)(H2,10,16)(H2,11,17). The summed E-state index contributed by atoms with van der Waals surface area (Å²) in [5.41, 5.74) is 16.5. The third kappa shape index (κ3) is 2.11. The molecule has 0 atom stereocenters. The third-order valence-corrected chi connectivity index (χ3v) is 2.43. The van der Waals surface area contributed by atoms with Gasteiger partial charge in [0, 0.05) is 0 Å². The molecular formula is C8H8N10O3. The van der Waals surface area contributed by atoms with Crippen LogP contribution < -0.4 is 17.2 Å². The Bertz CT molecular complexity index is 801. The lowest BCUT2D eigenvalue weighted by molar-refractivity contribution is -0.118. The molecule has 0 saturated carbocycles. The van der Waals surface area contributed by atoms with Gasteiger partial charge < -0.3 is 17.2 Å². The second kappa shape index (κ2) is 4.55. The van der Waals surface area contributed by atoms with Crippen LogP contribution in [0.4, 0.5) is 11.6 Å². The highest BCUT2D eigenvalue weighted by atomic mass is 16.6. The normalized spacial score (nSPS) is 10.9. The predicted molar refractivity (Wildman–Crippen MR) is 64.6 cm³/mol. The van der Waals surface area contributed by atoms with Crippen LogP contribution in [0.5, 0.6) is 0 Å². The summed E-state index contributed by atoms with van der Waals surface area (Å²) >= 11 is 0. The van der Waals surface area contributed by atoms with Gasteiger partial charge in [0.05, 0.1) is 0 Å². The molecule has 0 radical (unpaired) electrons. The quantitative estimate of drug-likeness (QED) is 0.480. The van der Waals surface area contributed by atoms with Gasteiger partial charge in [0.25, 0.3) is 0 Å². The van der Waals surface area contributed by atoms with Crippen molar-refractivity contribution in [3.63, 3.8) is 0 Å². The van der Waals surface area contributed by atoms with Crippen LogP contribution in [0.1, 0.15) is 0 Å². The van der Waals surface area contributed by atoms with Crippen molar-refractivity contribution in [2.75, 3.05) is 11.5 Å². The lowest BCUT2D eigenvalue weighted by Gasteiger charge is -1.99. The maximum absolute atomic E-state index is 11.1. The fourth-order valence-electron chi connectivity index (χ4n) is 1.58. The molecule has 6 N–H and O–H groups in total. The SMILES string of the molecule is NC(=O)Cn1nc(-c2nonc2N)nc1-c1nonc1N. The highest BCUT2D eigenvalue weighted by Gasteiger charge is 2.23. The molecule has 3 aromatic heterocycles. The van der Waals surface area contributed by atoms with Crippen molar-refractivity contribution in [2.24, 2.45) is 5.73 Å². The third-order valence-electron chi connectivity index (χ3n) is 2.43. The average Bonchev–Trinajstić information content (AvgIpc) is 3.09. The molecule has 0 aliphatic heterocycles. The first-order valence-corrected chi connectivity index (χ1v) is 5.46. The number of hydrogen-bond donors (Lipinski definition) is 3. The molecular weight excluding hydrogens is 284 g/mol. The minimum absolute atomic E-state index is 0.0102. The molecule has 0 aliphatic carbocycles. The van der Waals surface area contributed by atoms with Gasteiger partial charge in [-0.05, 0) is 20.6 Å². The van der Waals surface area contributed by atoms with Crippen molar-refractivity contribution in [3.05, 3.63) is 0 Å². The molecule has 108 valence electrons. The Morgan fingerprint density at radius 3 is 2.19 bits per heavy atom. The Kier molecular flexibility index (Phi) is 2.71. The summed E-state index contributed by atoms with van der Waals surface area (Å²) in [4.78, 5) is 15.2. The van der Waals surface area contributed by atoms with Gasteiger partial charge in [-0.15, -0.1) is 5.10 Å². The van der Waals surface area contributed by atoms with E-state index in [1.54, 1.807) is 0 Å². The maximum Gasteiger partial charge on any atom is 0.239 e. The van der Waals surface area contributed by atoms with Crippen molar-refractivity contribution < 1.29 is 14.1 Å². The van der Waals surface area contributed by atoms with Crippen LogP contribution in [-0.2, 0) is 11.3 Å². The Balaban J connectivity index is 2.14. The number of primary amides is 1. The molecule has 13 nitrogen and oxygen atoms in total. The van der Waals surface area contributed by atoms with E-state index in [1.165, 1.54) is 4.68 Å². The van der Waals surface area contributed by atoms with Gasteiger partial charge in [-0.25, -0.2) is 18.9 Å². The lowest BCUT2D eigenvalue weighted by atomic mass is 10.4. The van der Waals surface area contributed by atoms with Crippen molar-refractivity contribution in [1.29, 1.82) is 0 Å². The summed E-state index contributed by atoms with van der Waals surface area (Å²) in [7, 11) is 0. The summed E-state index contributed by atoms with van der Waals surface area (Å²) in [5.74, 6) is -0.499. The summed E-state index contributed by atoms with van der Waals surface area (Å²) in [5, 5.41) is 18.0. The van der Waals surface area contributed by atoms with E-state index in [1.807, 2.05) is 0 Å². The van der Waals surface area contributed by atoms with Gasteiger partial charge in [-0.2, -0.15) is 0 Å². The number of amides is 1. The van der Waals surface area contributed by atoms with Crippen molar-refractivity contribution in [3.8, 4) is 23.0 Å². The van der Waals surface area contributed by atoms with Gasteiger partial charge in [0.1, 0.15) is 6.54 Å². The van der Waals surface area contributed by atoms with Gasteiger partial charge in [0.2, 0.25) is 11.7 Å². The van der Waals surface area contributed by atoms with Crippen molar-refractivity contribution in [1.82, 2.24) is 35.4 Å². The molecule has 3 heterocycles. The Morgan fingerprint density at radius 1 is 1.05 bits per heavy atom. The van der Waals surface area contributed by atoms with Crippen LogP contribution in [0.2, 0.25) is 0 Å². The van der Waals surface area contributed by atoms with Crippen LogP contribution in [0.25, 0.3) is 23.0 Å². The Morgan fingerprint density at radius 2 is 1.67 bits per heavy atom. The topological polar surface area (TPSA) is 204 Å². The zero-order valence-corrected chi connectivity index (χ0v) is 10.3. The van der Waals surface area contributed by atoms with Crippen LogP contribution in [-0.4, -0.2) is 41.3 Å². The second-order valence-corrected chi connectivity index (χ2v) is 3.88. The van der Waals surface area contributed by atoms with Crippen LogP contribution >= 0.6 is 0 Å². The van der Waals surface area contributed by atoms with Crippen LogP contribution in [0.3, 0.4) is 0 Å². The molecule has 3 rings (SSSR count). The van der Waals surface area contributed by atoms with Gasteiger partial charge in [0.15, 0.2) is 28.8 Å². The maximum atomic E-state index is 11.1. The van der Waals surface area contributed by atoms with E-state index in [2.05, 4.69) is 40.0 Å². The second-order valence-electron chi connectivity index (χ2n) is 3.88. The first-order chi connectivity index (χ1) is 10.1. The smallest absolute Gasteiger partial charge is 0.239 e. The fraction of sp³-hybridized carbons (Fsp3) is 0.125. The number of nitrogens with two attached hydrogens (primary N) is 3. The molecule has 21 heavy (non-hydrogen) atoms. The molecule has 0 fully saturated rings. The number of anilines is 2.